The fourth-order valence-electron chi connectivity index (χ4n) is 3.20. The highest BCUT2D eigenvalue weighted by Gasteiger charge is 2.12. The van der Waals surface area contributed by atoms with Gasteiger partial charge in [0.05, 0.1) is 16.6 Å². The van der Waals surface area contributed by atoms with Crippen LogP contribution in [-0.2, 0) is 0 Å². The number of hydrogen-bond donors (Lipinski definition) is 2. The largest absolute Gasteiger partial charge is 0.338 e. The maximum Gasteiger partial charge on any atom is 0.247 e. The molecule has 1 aliphatic rings. The molecular formula is C23H21ClFN3O. The number of nitrogens with zero attached hydrogens (tertiary/aromatic N) is 1. The molecule has 2 aromatic heterocycles. The summed E-state index contributed by atoms with van der Waals surface area (Å²) in [5.41, 5.74) is 3.05. The summed E-state index contributed by atoms with van der Waals surface area (Å²) in [7, 11) is 0. The van der Waals surface area contributed by atoms with E-state index >= 15 is 0 Å². The van der Waals surface area contributed by atoms with Crippen molar-refractivity contribution in [1.82, 2.24) is 15.0 Å². The molecule has 1 aliphatic carbocycles. The average molecular weight is 410 g/mol. The van der Waals surface area contributed by atoms with Gasteiger partial charge in [0.1, 0.15) is 11.6 Å². The summed E-state index contributed by atoms with van der Waals surface area (Å²) in [5.74, 6) is 1.11. The van der Waals surface area contributed by atoms with Crippen molar-refractivity contribution in [2.75, 3.05) is 0 Å². The zero-order valence-electron chi connectivity index (χ0n) is 16.0. The average Bonchev–Trinajstić information content (AvgIpc) is 3.10. The van der Waals surface area contributed by atoms with Gasteiger partial charge in [0.15, 0.2) is 0 Å². The quantitative estimate of drug-likeness (QED) is 0.415. The van der Waals surface area contributed by atoms with Gasteiger partial charge in [-0.25, -0.2) is 9.37 Å². The molecule has 4 nitrogen and oxygen atoms in total. The third-order valence-corrected chi connectivity index (χ3v) is 5.41. The zero-order valence-corrected chi connectivity index (χ0v) is 16.8. The second-order valence-electron chi connectivity index (χ2n) is 7.42. The number of rotatable bonds is 2. The van der Waals surface area contributed by atoms with E-state index in [-0.39, 0.29) is 5.56 Å². The molecule has 1 saturated carbocycles. The summed E-state index contributed by atoms with van der Waals surface area (Å²) in [4.78, 5) is 21.2. The Morgan fingerprint density at radius 1 is 1.07 bits per heavy atom. The third-order valence-electron chi connectivity index (χ3n) is 5.18. The number of aromatic nitrogens is 3. The van der Waals surface area contributed by atoms with Gasteiger partial charge in [0.2, 0.25) is 5.56 Å². The number of pyridine rings is 1. The predicted molar refractivity (Wildman–Crippen MR) is 116 cm³/mol. The zero-order chi connectivity index (χ0) is 20.4. The van der Waals surface area contributed by atoms with E-state index in [1.165, 1.54) is 31.4 Å². The van der Waals surface area contributed by atoms with Crippen LogP contribution in [0, 0.1) is 11.7 Å². The summed E-state index contributed by atoms with van der Waals surface area (Å²) < 4.78 is 14.6. The van der Waals surface area contributed by atoms with Gasteiger partial charge < -0.3 is 9.97 Å². The van der Waals surface area contributed by atoms with Gasteiger partial charge in [0.25, 0.3) is 0 Å². The standard InChI is InChI=1S/C18H11ClFN3O.C5H10/c19-12-3-5-15-16(8-12)23-18(22-15)13-4-1-10(7-14(13)20)11-2-6-17(24)21-9-11;1-5-3-2-4-5/h1-9H,(H,21,24)(H,22,23);5H,2-4H2,1H3. The molecule has 0 atom stereocenters. The predicted octanol–water partition coefficient (Wildman–Crippen LogP) is 6.18. The summed E-state index contributed by atoms with van der Waals surface area (Å²) in [5, 5.41) is 0.589. The van der Waals surface area contributed by atoms with E-state index < -0.39 is 5.82 Å². The minimum Gasteiger partial charge on any atom is -0.338 e. The second-order valence-corrected chi connectivity index (χ2v) is 7.86. The van der Waals surface area contributed by atoms with Crippen molar-refractivity contribution in [3.63, 3.8) is 0 Å². The smallest absolute Gasteiger partial charge is 0.247 e. The van der Waals surface area contributed by atoms with Crippen LogP contribution in [0.2, 0.25) is 5.02 Å². The molecule has 148 valence electrons. The molecule has 5 rings (SSSR count). The molecule has 0 unspecified atom stereocenters. The van der Waals surface area contributed by atoms with Gasteiger partial charge in [-0.2, -0.15) is 0 Å². The molecule has 29 heavy (non-hydrogen) atoms. The Hall–Kier alpha value is -2.92. The van der Waals surface area contributed by atoms with Crippen molar-refractivity contribution < 1.29 is 4.39 Å². The Bertz CT molecular complexity index is 1190. The van der Waals surface area contributed by atoms with Gasteiger partial charge in [-0.15, -0.1) is 0 Å². The van der Waals surface area contributed by atoms with Crippen LogP contribution in [0.3, 0.4) is 0 Å². The number of hydrogen-bond acceptors (Lipinski definition) is 2. The molecule has 4 aromatic rings. The van der Waals surface area contributed by atoms with Crippen LogP contribution in [-0.4, -0.2) is 15.0 Å². The number of nitrogens with one attached hydrogen (secondary N) is 2. The Morgan fingerprint density at radius 3 is 2.45 bits per heavy atom. The normalized spacial score (nSPS) is 13.6. The van der Waals surface area contributed by atoms with E-state index in [2.05, 4.69) is 21.9 Å². The lowest BCUT2D eigenvalue weighted by Gasteiger charge is -2.18. The van der Waals surface area contributed by atoms with E-state index in [9.17, 15) is 9.18 Å². The highest BCUT2D eigenvalue weighted by Crippen LogP contribution is 2.28. The topological polar surface area (TPSA) is 61.5 Å². The molecule has 0 bridgehead atoms. The van der Waals surface area contributed by atoms with Crippen LogP contribution in [0.25, 0.3) is 33.5 Å². The number of H-pyrrole nitrogens is 2. The van der Waals surface area contributed by atoms with Gasteiger partial charge >= 0.3 is 0 Å². The first-order valence-electron chi connectivity index (χ1n) is 9.64. The molecule has 1 fully saturated rings. The number of halogens is 2. The fraction of sp³-hybridized carbons (Fsp3) is 0.217. The first kappa shape index (κ1) is 19.4. The molecule has 0 aliphatic heterocycles. The van der Waals surface area contributed by atoms with Crippen LogP contribution in [0.1, 0.15) is 26.2 Å². The maximum atomic E-state index is 14.6. The maximum absolute atomic E-state index is 14.6. The Morgan fingerprint density at radius 2 is 1.83 bits per heavy atom. The van der Waals surface area contributed by atoms with Crippen molar-refractivity contribution in [2.45, 2.75) is 26.2 Å². The monoisotopic (exact) mass is 409 g/mol. The highest BCUT2D eigenvalue weighted by molar-refractivity contribution is 6.31. The number of aromatic amines is 2. The highest BCUT2D eigenvalue weighted by atomic mass is 35.5. The second kappa shape index (κ2) is 8.21. The third kappa shape index (κ3) is 4.40. The lowest BCUT2D eigenvalue weighted by Crippen LogP contribution is -2.04. The molecule has 2 aromatic carbocycles. The molecule has 0 saturated heterocycles. The fourth-order valence-corrected chi connectivity index (χ4v) is 3.37. The first-order valence-corrected chi connectivity index (χ1v) is 10.0. The van der Waals surface area contributed by atoms with Gasteiger partial charge in [-0.1, -0.05) is 43.9 Å². The van der Waals surface area contributed by atoms with E-state index in [0.29, 0.717) is 22.0 Å². The van der Waals surface area contributed by atoms with E-state index in [4.69, 9.17) is 11.6 Å². The Balaban J connectivity index is 0.000000359. The molecule has 2 heterocycles. The van der Waals surface area contributed by atoms with Gasteiger partial charge in [-0.3, -0.25) is 4.79 Å². The first-order chi connectivity index (χ1) is 14.0. The minimum atomic E-state index is -0.399. The van der Waals surface area contributed by atoms with Crippen LogP contribution >= 0.6 is 11.6 Å². The van der Waals surface area contributed by atoms with Gasteiger partial charge in [-0.05, 0) is 53.4 Å². The Labute approximate surface area is 172 Å². The SMILES string of the molecule is CC1CCC1.O=c1ccc(-c2ccc(-c3nc4ccc(Cl)cc4[nH]3)c(F)c2)c[nH]1. The molecule has 2 N–H and O–H groups in total. The van der Waals surface area contributed by atoms with Gasteiger partial charge in [0, 0.05) is 17.3 Å². The molecule has 0 radical (unpaired) electrons. The summed E-state index contributed by atoms with van der Waals surface area (Å²) in [6.45, 7) is 2.31. The summed E-state index contributed by atoms with van der Waals surface area (Å²) in [6.07, 6.45) is 6.02. The number of benzene rings is 2. The van der Waals surface area contributed by atoms with E-state index in [0.717, 1.165) is 22.5 Å². The summed E-state index contributed by atoms with van der Waals surface area (Å²) >= 11 is 5.96. The molecule has 6 heteroatoms. The van der Waals surface area contributed by atoms with E-state index in [1.54, 1.807) is 42.6 Å². The lowest BCUT2D eigenvalue weighted by molar-refractivity contribution is 0.346. The van der Waals surface area contributed by atoms with Crippen LogP contribution < -0.4 is 5.56 Å². The molecule has 0 amide bonds. The van der Waals surface area contributed by atoms with Crippen LogP contribution in [0.4, 0.5) is 4.39 Å². The lowest BCUT2D eigenvalue weighted by atomic mass is 9.88. The molecule has 0 spiro atoms. The van der Waals surface area contributed by atoms with Crippen molar-refractivity contribution in [3.05, 3.63) is 75.9 Å². The van der Waals surface area contributed by atoms with Crippen LogP contribution in [0.5, 0.6) is 0 Å². The van der Waals surface area contributed by atoms with E-state index in [1.807, 2.05) is 0 Å². The minimum absolute atomic E-state index is 0.197. The molecular weight excluding hydrogens is 389 g/mol. The van der Waals surface area contributed by atoms with Crippen molar-refractivity contribution in [2.24, 2.45) is 5.92 Å². The van der Waals surface area contributed by atoms with Crippen LogP contribution in [0.15, 0.2) is 59.5 Å². The van der Waals surface area contributed by atoms with Crippen molar-refractivity contribution >= 4 is 22.6 Å². The Kier molecular flexibility index (Phi) is 5.49. The van der Waals surface area contributed by atoms with Crippen molar-refractivity contribution in [1.29, 1.82) is 0 Å². The summed E-state index contributed by atoms with van der Waals surface area (Å²) in [6, 6.07) is 13.2. The number of fused-ring (bicyclic) bond motifs is 1. The number of imidazole rings is 1. The van der Waals surface area contributed by atoms with Crippen molar-refractivity contribution in [3.8, 4) is 22.5 Å².